The highest BCUT2D eigenvalue weighted by molar-refractivity contribution is 7.98. The molecule has 0 aliphatic rings. The number of hydrogen-bond acceptors (Lipinski definition) is 7. The number of anilines is 1. The summed E-state index contributed by atoms with van der Waals surface area (Å²) >= 11 is 1.37. The topological polar surface area (TPSA) is 118 Å². The number of benzene rings is 1. The Bertz CT molecular complexity index is 766. The van der Waals surface area contributed by atoms with E-state index in [4.69, 9.17) is 5.14 Å². The van der Waals surface area contributed by atoms with Crippen LogP contribution in [0.1, 0.15) is 11.1 Å². The van der Waals surface area contributed by atoms with E-state index < -0.39 is 10.0 Å². The molecule has 0 aliphatic carbocycles. The van der Waals surface area contributed by atoms with Gasteiger partial charge >= 0.3 is 0 Å². The van der Waals surface area contributed by atoms with E-state index in [0.29, 0.717) is 22.1 Å². The standard InChI is InChI=1S/C13H16N4O3S2/c1-21-13-16-7-10(8-18)12(17-13)15-6-9-4-2-3-5-11(9)22(14,19)20/h2-5,7,18H,6,8H2,1H3,(H2,14,19,20)(H,15,16,17). The highest BCUT2D eigenvalue weighted by Gasteiger charge is 2.14. The Kier molecular flexibility index (Phi) is 5.35. The molecule has 0 fully saturated rings. The van der Waals surface area contributed by atoms with Gasteiger partial charge in [-0.15, -0.1) is 0 Å². The van der Waals surface area contributed by atoms with Crippen molar-refractivity contribution < 1.29 is 13.5 Å². The Morgan fingerprint density at radius 3 is 2.68 bits per heavy atom. The molecular weight excluding hydrogens is 324 g/mol. The second-order valence-corrected chi connectivity index (χ2v) is 6.70. The minimum Gasteiger partial charge on any atom is -0.391 e. The maximum Gasteiger partial charge on any atom is 0.238 e. The lowest BCUT2D eigenvalue weighted by atomic mass is 10.2. The molecule has 7 nitrogen and oxygen atoms in total. The lowest BCUT2D eigenvalue weighted by Gasteiger charge is -2.12. The minimum absolute atomic E-state index is 0.0622. The molecule has 4 N–H and O–H groups in total. The number of nitrogens with zero attached hydrogens (tertiary/aromatic N) is 2. The number of thioether (sulfide) groups is 1. The lowest BCUT2D eigenvalue weighted by Crippen LogP contribution is -2.16. The van der Waals surface area contributed by atoms with Gasteiger partial charge in [0.2, 0.25) is 10.0 Å². The van der Waals surface area contributed by atoms with Crippen molar-refractivity contribution in [3.63, 3.8) is 0 Å². The average Bonchev–Trinajstić information content (AvgIpc) is 2.52. The summed E-state index contributed by atoms with van der Waals surface area (Å²) in [4.78, 5) is 8.41. The van der Waals surface area contributed by atoms with Crippen LogP contribution >= 0.6 is 11.8 Å². The van der Waals surface area contributed by atoms with E-state index in [-0.39, 0.29) is 18.0 Å². The fourth-order valence-corrected chi connectivity index (χ4v) is 2.98. The molecule has 0 saturated heterocycles. The van der Waals surface area contributed by atoms with Gasteiger partial charge in [0.05, 0.1) is 11.5 Å². The maximum absolute atomic E-state index is 11.6. The number of aliphatic hydroxyl groups excluding tert-OH is 1. The van der Waals surface area contributed by atoms with Crippen LogP contribution in [0, 0.1) is 0 Å². The lowest BCUT2D eigenvalue weighted by molar-refractivity contribution is 0.281. The predicted octanol–water partition coefficient (Wildman–Crippen LogP) is 0.950. The van der Waals surface area contributed by atoms with Gasteiger partial charge in [-0.05, 0) is 17.9 Å². The number of nitrogens with one attached hydrogen (secondary N) is 1. The van der Waals surface area contributed by atoms with Gasteiger partial charge < -0.3 is 10.4 Å². The van der Waals surface area contributed by atoms with Crippen molar-refractivity contribution in [2.75, 3.05) is 11.6 Å². The second kappa shape index (κ2) is 7.05. The number of aliphatic hydroxyl groups is 1. The van der Waals surface area contributed by atoms with Crippen LogP contribution in [0.25, 0.3) is 0 Å². The van der Waals surface area contributed by atoms with Crippen molar-refractivity contribution in [1.29, 1.82) is 0 Å². The number of nitrogens with two attached hydrogens (primary N) is 1. The van der Waals surface area contributed by atoms with Crippen LogP contribution in [0.2, 0.25) is 0 Å². The van der Waals surface area contributed by atoms with Crippen molar-refractivity contribution in [3.8, 4) is 0 Å². The molecule has 0 bridgehead atoms. The number of hydrogen-bond donors (Lipinski definition) is 3. The SMILES string of the molecule is CSc1ncc(CO)c(NCc2ccccc2S(N)(=O)=O)n1. The van der Waals surface area contributed by atoms with Crippen molar-refractivity contribution in [3.05, 3.63) is 41.6 Å². The van der Waals surface area contributed by atoms with Gasteiger partial charge in [-0.25, -0.2) is 23.5 Å². The molecule has 2 rings (SSSR count). The fourth-order valence-electron chi connectivity index (χ4n) is 1.86. The number of aromatic nitrogens is 2. The largest absolute Gasteiger partial charge is 0.391 e. The van der Waals surface area contributed by atoms with Crippen LogP contribution in [0.3, 0.4) is 0 Å². The zero-order valence-corrected chi connectivity index (χ0v) is 13.5. The van der Waals surface area contributed by atoms with Gasteiger partial charge in [0.25, 0.3) is 0 Å². The van der Waals surface area contributed by atoms with E-state index in [1.54, 1.807) is 18.2 Å². The third-order valence-corrected chi connectivity index (χ3v) is 4.49. The van der Waals surface area contributed by atoms with Gasteiger partial charge in [0.1, 0.15) is 5.82 Å². The first-order valence-corrected chi connectivity index (χ1v) is 9.08. The highest BCUT2D eigenvalue weighted by Crippen LogP contribution is 2.19. The summed E-state index contributed by atoms with van der Waals surface area (Å²) < 4.78 is 23.1. The third kappa shape index (κ3) is 3.95. The summed E-state index contributed by atoms with van der Waals surface area (Å²) in [5, 5.41) is 18.1. The number of rotatable bonds is 6. The van der Waals surface area contributed by atoms with Crippen molar-refractivity contribution in [1.82, 2.24) is 9.97 Å². The molecule has 0 spiro atoms. The van der Waals surface area contributed by atoms with E-state index in [9.17, 15) is 13.5 Å². The van der Waals surface area contributed by atoms with E-state index in [2.05, 4.69) is 15.3 Å². The molecule has 2 aromatic rings. The number of primary sulfonamides is 1. The number of sulfonamides is 1. The molecule has 0 saturated carbocycles. The summed E-state index contributed by atoms with van der Waals surface area (Å²) in [5.41, 5.74) is 1.06. The summed E-state index contributed by atoms with van der Waals surface area (Å²) in [7, 11) is -3.79. The van der Waals surface area contributed by atoms with Crippen LogP contribution in [0.5, 0.6) is 0 Å². The van der Waals surface area contributed by atoms with Crippen LogP contribution in [-0.4, -0.2) is 29.7 Å². The summed E-state index contributed by atoms with van der Waals surface area (Å²) in [6, 6.07) is 6.46. The van der Waals surface area contributed by atoms with Crippen LogP contribution in [0.4, 0.5) is 5.82 Å². The van der Waals surface area contributed by atoms with E-state index in [1.165, 1.54) is 24.0 Å². The van der Waals surface area contributed by atoms with E-state index in [1.807, 2.05) is 6.26 Å². The van der Waals surface area contributed by atoms with Crippen molar-refractivity contribution in [2.45, 2.75) is 23.2 Å². The molecule has 9 heteroatoms. The Morgan fingerprint density at radius 1 is 1.32 bits per heavy atom. The molecule has 0 aliphatic heterocycles. The molecule has 0 unspecified atom stereocenters. The molecule has 0 amide bonds. The van der Waals surface area contributed by atoms with E-state index >= 15 is 0 Å². The maximum atomic E-state index is 11.6. The van der Waals surface area contributed by atoms with Gasteiger partial charge in [0, 0.05) is 18.3 Å². The predicted molar refractivity (Wildman–Crippen MR) is 84.9 cm³/mol. The van der Waals surface area contributed by atoms with E-state index in [0.717, 1.165) is 0 Å². The van der Waals surface area contributed by atoms with Crippen molar-refractivity contribution >= 4 is 27.6 Å². The summed E-state index contributed by atoms with van der Waals surface area (Å²) in [5.74, 6) is 0.464. The Morgan fingerprint density at radius 2 is 2.05 bits per heavy atom. The Balaban J connectivity index is 2.28. The molecule has 0 atom stereocenters. The smallest absolute Gasteiger partial charge is 0.238 e. The zero-order valence-electron chi connectivity index (χ0n) is 11.9. The first kappa shape index (κ1) is 16.7. The minimum atomic E-state index is -3.79. The molecule has 22 heavy (non-hydrogen) atoms. The molecular formula is C13H16N4O3S2. The summed E-state index contributed by atoms with van der Waals surface area (Å²) in [6.45, 7) is -0.00172. The first-order chi connectivity index (χ1) is 10.5. The molecule has 1 heterocycles. The Hall–Kier alpha value is -1.68. The highest BCUT2D eigenvalue weighted by atomic mass is 32.2. The van der Waals surface area contributed by atoms with Crippen LogP contribution < -0.4 is 10.5 Å². The summed E-state index contributed by atoms with van der Waals surface area (Å²) in [6.07, 6.45) is 3.38. The Labute approximate surface area is 133 Å². The van der Waals surface area contributed by atoms with Gasteiger partial charge in [-0.2, -0.15) is 0 Å². The quantitative estimate of drug-likeness (QED) is 0.529. The molecule has 118 valence electrons. The zero-order chi connectivity index (χ0) is 16.2. The van der Waals surface area contributed by atoms with Crippen molar-refractivity contribution in [2.24, 2.45) is 5.14 Å². The molecule has 1 aromatic heterocycles. The third-order valence-electron chi connectivity index (χ3n) is 2.92. The fraction of sp³-hybridized carbons (Fsp3) is 0.231. The van der Waals surface area contributed by atoms with Gasteiger partial charge in [-0.3, -0.25) is 0 Å². The van der Waals surface area contributed by atoms with Gasteiger partial charge in [-0.1, -0.05) is 30.0 Å². The normalized spacial score (nSPS) is 11.4. The second-order valence-electron chi connectivity index (χ2n) is 4.39. The van der Waals surface area contributed by atoms with Crippen LogP contribution in [0.15, 0.2) is 40.5 Å². The van der Waals surface area contributed by atoms with Crippen LogP contribution in [-0.2, 0) is 23.2 Å². The average molecular weight is 340 g/mol. The molecule has 0 radical (unpaired) electrons. The molecule has 1 aromatic carbocycles. The first-order valence-electron chi connectivity index (χ1n) is 6.31. The monoisotopic (exact) mass is 340 g/mol. The van der Waals surface area contributed by atoms with Gasteiger partial charge in [0.15, 0.2) is 5.16 Å².